The molecule has 0 aliphatic carbocycles. The van der Waals surface area contributed by atoms with Crippen LogP contribution in [0, 0.1) is 12.3 Å². The minimum atomic E-state index is -2.47. The van der Waals surface area contributed by atoms with E-state index in [0.717, 1.165) is 6.08 Å². The highest BCUT2D eigenvalue weighted by Gasteiger charge is 2.20. The number of halogens is 1. The van der Waals surface area contributed by atoms with E-state index in [1.54, 1.807) is 13.0 Å². The molecule has 1 atom stereocenters. The maximum absolute atomic E-state index is 15.3. The fraction of sp³-hybridized carbons (Fsp3) is 0.316. The van der Waals surface area contributed by atoms with Crippen LogP contribution in [0.5, 0.6) is 0 Å². The van der Waals surface area contributed by atoms with Crippen molar-refractivity contribution in [1.29, 1.82) is 0 Å². The molecule has 0 aliphatic heterocycles. The zero-order chi connectivity index (χ0) is 19.9. The molecule has 140 valence electrons. The summed E-state index contributed by atoms with van der Waals surface area (Å²) >= 11 is -2.47. The molecule has 0 saturated heterocycles. The van der Waals surface area contributed by atoms with Gasteiger partial charge in [-0.1, -0.05) is 25.0 Å². The van der Waals surface area contributed by atoms with E-state index in [2.05, 4.69) is 5.92 Å². The smallest absolute Gasteiger partial charge is 0.354 e. The first-order valence-electron chi connectivity index (χ1n) is 8.00. The molecule has 0 amide bonds. The van der Waals surface area contributed by atoms with E-state index in [1.807, 2.05) is 6.92 Å². The summed E-state index contributed by atoms with van der Waals surface area (Å²) in [4.78, 5) is 11.9. The molecule has 0 aromatic carbocycles. The highest BCUT2D eigenvalue weighted by molar-refractivity contribution is 7.83. The molecule has 0 bridgehead atoms. The fourth-order valence-corrected chi connectivity index (χ4v) is 3.04. The second-order valence-electron chi connectivity index (χ2n) is 5.17. The Kier molecular flexibility index (Phi) is 8.23. The van der Waals surface area contributed by atoms with Crippen LogP contribution in [0.4, 0.5) is 4.39 Å². The first-order valence-corrected chi connectivity index (χ1v) is 9.11. The summed E-state index contributed by atoms with van der Waals surface area (Å²) in [5, 5.41) is 0.593. The lowest BCUT2D eigenvalue weighted by Crippen LogP contribution is -2.31. The van der Waals surface area contributed by atoms with Crippen molar-refractivity contribution < 1.29 is 22.7 Å². The number of hydrogen-bond donors (Lipinski definition) is 1. The summed E-state index contributed by atoms with van der Waals surface area (Å²) in [7, 11) is 1.53. The van der Waals surface area contributed by atoms with Gasteiger partial charge in [0.2, 0.25) is 0 Å². The van der Waals surface area contributed by atoms with Gasteiger partial charge in [0.25, 0.3) is 0 Å². The highest BCUT2D eigenvalue weighted by Crippen LogP contribution is 2.22. The Bertz CT molecular complexity index is 932. The SMILES string of the molecule is C#C\C=C(C(=C\C)/C(F)=c1/c(=C\CC)cc(C(=O)OCC)n1C)\S(=O)O. The van der Waals surface area contributed by atoms with Gasteiger partial charge >= 0.3 is 5.97 Å². The zero-order valence-corrected chi connectivity index (χ0v) is 16.0. The van der Waals surface area contributed by atoms with Gasteiger partial charge in [-0.25, -0.2) is 13.4 Å². The van der Waals surface area contributed by atoms with Gasteiger partial charge in [-0.05, 0) is 31.6 Å². The van der Waals surface area contributed by atoms with Gasteiger partial charge in [0.05, 0.1) is 16.9 Å². The lowest BCUT2D eigenvalue weighted by molar-refractivity contribution is 0.0515. The van der Waals surface area contributed by atoms with E-state index in [4.69, 9.17) is 11.2 Å². The van der Waals surface area contributed by atoms with E-state index in [9.17, 15) is 13.6 Å². The molecule has 0 fully saturated rings. The number of ether oxygens (including phenoxy) is 1. The third-order valence-corrected chi connectivity index (χ3v) is 4.29. The summed E-state index contributed by atoms with van der Waals surface area (Å²) in [6.45, 7) is 5.28. The standard InChI is InChI=1S/C19H22FNO4S/c1-6-10-13-12-15(19(22)25-9-4)21(5)18(13)17(20)14(8-3)16(11-7-2)26(23)24/h2,8,10-12H,6,9H2,1,3-5H3,(H,23,24)/b13-10-,14-8+,16-11+,18-17+. The average Bonchev–Trinajstić information content (AvgIpc) is 2.91. The Morgan fingerprint density at radius 1 is 1.50 bits per heavy atom. The Balaban J connectivity index is 3.89. The molecular weight excluding hydrogens is 357 g/mol. The van der Waals surface area contributed by atoms with Crippen LogP contribution in [-0.4, -0.2) is 25.9 Å². The van der Waals surface area contributed by atoms with Crippen molar-refractivity contribution in [2.45, 2.75) is 27.2 Å². The van der Waals surface area contributed by atoms with E-state index < -0.39 is 22.9 Å². The summed E-state index contributed by atoms with van der Waals surface area (Å²) < 4.78 is 42.7. The maximum Gasteiger partial charge on any atom is 0.354 e. The third-order valence-electron chi connectivity index (χ3n) is 3.57. The molecule has 0 radical (unpaired) electrons. The quantitative estimate of drug-likeness (QED) is 0.356. The molecular formula is C19H22FNO4S. The van der Waals surface area contributed by atoms with Crippen molar-refractivity contribution in [3.05, 3.63) is 45.0 Å². The predicted octanol–water partition coefficient (Wildman–Crippen LogP) is 2.16. The Labute approximate surface area is 154 Å². The first-order chi connectivity index (χ1) is 12.3. The van der Waals surface area contributed by atoms with E-state index in [-0.39, 0.29) is 28.1 Å². The number of rotatable bonds is 6. The normalized spacial score (nSPS) is 15.5. The van der Waals surface area contributed by atoms with Crippen LogP contribution in [0.3, 0.4) is 0 Å². The summed E-state index contributed by atoms with van der Waals surface area (Å²) in [5.41, 5.74) is 0.0749. The van der Waals surface area contributed by atoms with Gasteiger partial charge in [-0.3, -0.25) is 0 Å². The molecule has 5 nitrogen and oxygen atoms in total. The zero-order valence-electron chi connectivity index (χ0n) is 15.2. The molecule has 1 heterocycles. The van der Waals surface area contributed by atoms with Gasteiger partial charge in [0, 0.05) is 18.7 Å². The fourth-order valence-electron chi connectivity index (χ4n) is 2.48. The van der Waals surface area contributed by atoms with Crippen molar-refractivity contribution in [3.63, 3.8) is 0 Å². The molecule has 0 aliphatic rings. The van der Waals surface area contributed by atoms with Crippen LogP contribution in [0.25, 0.3) is 11.9 Å². The number of allylic oxidation sites excluding steroid dienone is 3. The van der Waals surface area contributed by atoms with Crippen LogP contribution in [-0.2, 0) is 22.9 Å². The summed E-state index contributed by atoms with van der Waals surface area (Å²) in [6, 6.07) is 1.53. The van der Waals surface area contributed by atoms with Gasteiger partial charge in [0.15, 0.2) is 16.9 Å². The van der Waals surface area contributed by atoms with Crippen LogP contribution >= 0.6 is 0 Å². The largest absolute Gasteiger partial charge is 0.461 e. The molecule has 1 rings (SSSR count). The number of hydrogen-bond acceptors (Lipinski definition) is 3. The number of nitrogens with zero attached hydrogens (tertiary/aromatic N) is 1. The van der Waals surface area contributed by atoms with Crippen molar-refractivity contribution in [1.82, 2.24) is 4.57 Å². The second kappa shape index (κ2) is 9.90. The molecule has 1 N–H and O–H groups in total. The van der Waals surface area contributed by atoms with Crippen LogP contribution in [0.1, 0.15) is 37.7 Å². The maximum atomic E-state index is 15.3. The number of terminal acetylenes is 1. The van der Waals surface area contributed by atoms with Gasteiger partial charge in [-0.2, -0.15) is 0 Å². The molecule has 1 unspecified atom stereocenters. The Morgan fingerprint density at radius 3 is 2.62 bits per heavy atom. The predicted molar refractivity (Wildman–Crippen MR) is 101 cm³/mol. The molecule has 7 heteroatoms. The number of carbonyl (C=O) groups excluding carboxylic acids is 1. The van der Waals surface area contributed by atoms with E-state index in [0.29, 0.717) is 11.6 Å². The lowest BCUT2D eigenvalue weighted by Gasteiger charge is -2.07. The minimum Gasteiger partial charge on any atom is -0.461 e. The average molecular weight is 379 g/mol. The monoisotopic (exact) mass is 379 g/mol. The van der Waals surface area contributed by atoms with Crippen LogP contribution in [0.2, 0.25) is 0 Å². The minimum absolute atomic E-state index is 0.105. The molecule has 1 aromatic heterocycles. The molecule has 1 aromatic rings. The number of carbonyl (C=O) groups is 1. The van der Waals surface area contributed by atoms with E-state index in [1.165, 1.54) is 30.7 Å². The number of esters is 1. The van der Waals surface area contributed by atoms with Crippen molar-refractivity contribution in [2.24, 2.45) is 7.05 Å². The van der Waals surface area contributed by atoms with Gasteiger partial charge in [-0.15, -0.1) is 6.42 Å². The number of aromatic nitrogens is 1. The van der Waals surface area contributed by atoms with Gasteiger partial charge < -0.3 is 13.9 Å². The summed E-state index contributed by atoms with van der Waals surface area (Å²) in [5.74, 6) is 0.808. The second-order valence-corrected chi connectivity index (χ2v) is 6.10. The Morgan fingerprint density at radius 2 is 2.15 bits per heavy atom. The topological polar surface area (TPSA) is 68.5 Å². The highest BCUT2D eigenvalue weighted by atomic mass is 32.2. The van der Waals surface area contributed by atoms with Crippen molar-refractivity contribution >= 4 is 29.0 Å². The Hall–Kier alpha value is -2.43. The molecule has 26 heavy (non-hydrogen) atoms. The molecule has 0 saturated carbocycles. The third kappa shape index (κ3) is 4.59. The lowest BCUT2D eigenvalue weighted by atomic mass is 10.1. The molecule has 0 spiro atoms. The van der Waals surface area contributed by atoms with Crippen LogP contribution < -0.4 is 10.6 Å². The van der Waals surface area contributed by atoms with E-state index >= 15 is 4.39 Å². The van der Waals surface area contributed by atoms with Gasteiger partial charge in [0.1, 0.15) is 5.69 Å². The van der Waals surface area contributed by atoms with Crippen molar-refractivity contribution in [3.8, 4) is 12.3 Å². The van der Waals surface area contributed by atoms with Crippen LogP contribution in [0.15, 0.2) is 28.7 Å². The first kappa shape index (κ1) is 21.6. The summed E-state index contributed by atoms with van der Waals surface area (Å²) in [6.07, 6.45) is 9.95. The van der Waals surface area contributed by atoms with Crippen molar-refractivity contribution in [2.75, 3.05) is 6.61 Å².